The number of anilines is 3. The highest BCUT2D eigenvalue weighted by Crippen LogP contribution is 2.24. The molecule has 112 valence electrons. The van der Waals surface area contributed by atoms with Crippen LogP contribution in [0, 0.1) is 6.92 Å². The molecule has 0 fully saturated rings. The summed E-state index contributed by atoms with van der Waals surface area (Å²) < 4.78 is 26.5. The number of hydrogen-bond acceptors (Lipinski definition) is 3. The molecule has 0 radical (unpaired) electrons. The van der Waals surface area contributed by atoms with Crippen molar-refractivity contribution >= 4 is 43.0 Å². The Bertz CT molecular complexity index is 728. The van der Waals surface area contributed by atoms with Crippen molar-refractivity contribution in [2.24, 2.45) is 0 Å². The monoisotopic (exact) mass is 368 g/mol. The molecule has 0 unspecified atom stereocenters. The van der Waals surface area contributed by atoms with Crippen molar-refractivity contribution in [3.05, 3.63) is 52.5 Å². The van der Waals surface area contributed by atoms with Crippen molar-refractivity contribution in [2.45, 2.75) is 13.8 Å². The van der Waals surface area contributed by atoms with Gasteiger partial charge in [0, 0.05) is 21.5 Å². The molecule has 2 rings (SSSR count). The molecule has 0 bridgehead atoms. The second kappa shape index (κ2) is 6.49. The molecule has 2 N–H and O–H groups in total. The van der Waals surface area contributed by atoms with Crippen molar-refractivity contribution < 1.29 is 8.42 Å². The number of halogens is 1. The van der Waals surface area contributed by atoms with Gasteiger partial charge in [-0.15, -0.1) is 0 Å². The van der Waals surface area contributed by atoms with Crippen LogP contribution in [-0.2, 0) is 10.0 Å². The Morgan fingerprint density at radius 1 is 1.00 bits per heavy atom. The number of nitrogens with one attached hydrogen (secondary N) is 2. The standard InChI is InChI=1S/C15H17BrN2O2S/c1-3-21(19,20)18-13-8-6-12(7-9-13)17-14-5-4-11(2)15(16)10-14/h4-10,17-18H,3H2,1-2H3. The highest BCUT2D eigenvalue weighted by atomic mass is 79.9. The SMILES string of the molecule is CCS(=O)(=O)Nc1ccc(Nc2ccc(C)c(Br)c2)cc1. The van der Waals surface area contributed by atoms with E-state index in [0.717, 1.165) is 15.8 Å². The Kier molecular flexibility index (Phi) is 4.90. The van der Waals surface area contributed by atoms with E-state index in [1.807, 2.05) is 37.3 Å². The van der Waals surface area contributed by atoms with E-state index in [1.165, 1.54) is 5.56 Å². The summed E-state index contributed by atoms with van der Waals surface area (Å²) in [6.45, 7) is 3.63. The smallest absolute Gasteiger partial charge is 0.232 e. The molecular weight excluding hydrogens is 352 g/mol. The van der Waals surface area contributed by atoms with Gasteiger partial charge in [-0.25, -0.2) is 8.42 Å². The van der Waals surface area contributed by atoms with Crippen LogP contribution in [0.3, 0.4) is 0 Å². The van der Waals surface area contributed by atoms with Crippen LogP contribution in [-0.4, -0.2) is 14.2 Å². The molecule has 0 aliphatic heterocycles. The topological polar surface area (TPSA) is 58.2 Å². The maximum Gasteiger partial charge on any atom is 0.232 e. The summed E-state index contributed by atoms with van der Waals surface area (Å²) >= 11 is 3.50. The highest BCUT2D eigenvalue weighted by Gasteiger charge is 2.06. The van der Waals surface area contributed by atoms with E-state index >= 15 is 0 Å². The average molecular weight is 369 g/mol. The summed E-state index contributed by atoms with van der Waals surface area (Å²) in [5.41, 5.74) is 3.59. The molecule has 21 heavy (non-hydrogen) atoms. The zero-order valence-corrected chi connectivity index (χ0v) is 14.3. The van der Waals surface area contributed by atoms with Gasteiger partial charge < -0.3 is 5.32 Å². The Hall–Kier alpha value is -1.53. The zero-order valence-electron chi connectivity index (χ0n) is 11.9. The first-order valence-electron chi connectivity index (χ1n) is 6.53. The maximum absolute atomic E-state index is 11.5. The molecule has 0 atom stereocenters. The highest BCUT2D eigenvalue weighted by molar-refractivity contribution is 9.10. The molecule has 0 aromatic heterocycles. The number of sulfonamides is 1. The van der Waals surface area contributed by atoms with Gasteiger partial charge in [-0.3, -0.25) is 4.72 Å². The van der Waals surface area contributed by atoms with Crippen molar-refractivity contribution in [3.63, 3.8) is 0 Å². The Morgan fingerprint density at radius 3 is 2.14 bits per heavy atom. The van der Waals surface area contributed by atoms with Gasteiger partial charge in [-0.05, 0) is 55.8 Å². The molecule has 6 heteroatoms. The first-order valence-corrected chi connectivity index (χ1v) is 8.98. The summed E-state index contributed by atoms with van der Waals surface area (Å²) in [6, 6.07) is 13.2. The number of rotatable bonds is 5. The Labute approximate surface area is 133 Å². The van der Waals surface area contributed by atoms with Crippen LogP contribution < -0.4 is 10.0 Å². The van der Waals surface area contributed by atoms with Crippen LogP contribution in [0.25, 0.3) is 0 Å². The molecule has 0 saturated heterocycles. The lowest BCUT2D eigenvalue weighted by atomic mass is 10.2. The lowest BCUT2D eigenvalue weighted by Gasteiger charge is -2.10. The summed E-state index contributed by atoms with van der Waals surface area (Å²) in [7, 11) is -3.23. The largest absolute Gasteiger partial charge is 0.355 e. The Morgan fingerprint density at radius 2 is 1.57 bits per heavy atom. The summed E-state index contributed by atoms with van der Waals surface area (Å²) in [5, 5.41) is 3.27. The van der Waals surface area contributed by atoms with Crippen LogP contribution in [0.5, 0.6) is 0 Å². The van der Waals surface area contributed by atoms with Crippen molar-refractivity contribution in [1.82, 2.24) is 0 Å². The molecular formula is C15H17BrN2O2S. The zero-order chi connectivity index (χ0) is 15.5. The fraction of sp³-hybridized carbons (Fsp3) is 0.200. The van der Waals surface area contributed by atoms with Crippen molar-refractivity contribution in [1.29, 1.82) is 0 Å². The number of hydrogen-bond donors (Lipinski definition) is 2. The molecule has 0 amide bonds. The second-order valence-electron chi connectivity index (χ2n) is 4.67. The quantitative estimate of drug-likeness (QED) is 0.828. The normalized spacial score (nSPS) is 11.2. The first kappa shape index (κ1) is 15.9. The second-order valence-corrected chi connectivity index (χ2v) is 7.54. The van der Waals surface area contributed by atoms with Crippen LogP contribution in [0.4, 0.5) is 17.1 Å². The van der Waals surface area contributed by atoms with Crippen molar-refractivity contribution in [2.75, 3.05) is 15.8 Å². The molecule has 0 aliphatic rings. The van der Waals surface area contributed by atoms with Gasteiger partial charge in [0.1, 0.15) is 0 Å². The van der Waals surface area contributed by atoms with E-state index in [9.17, 15) is 8.42 Å². The van der Waals surface area contributed by atoms with E-state index in [0.29, 0.717) is 5.69 Å². The van der Waals surface area contributed by atoms with Crippen molar-refractivity contribution in [3.8, 4) is 0 Å². The van der Waals surface area contributed by atoms with Crippen LogP contribution in [0.1, 0.15) is 12.5 Å². The first-order chi connectivity index (χ1) is 9.89. The molecule has 0 aliphatic carbocycles. The van der Waals surface area contributed by atoms with E-state index in [1.54, 1.807) is 19.1 Å². The number of aryl methyl sites for hydroxylation is 1. The van der Waals surface area contributed by atoms with Crippen LogP contribution in [0.15, 0.2) is 46.9 Å². The Balaban J connectivity index is 2.10. The molecule has 0 heterocycles. The van der Waals surface area contributed by atoms with Crippen LogP contribution >= 0.6 is 15.9 Å². The maximum atomic E-state index is 11.5. The van der Waals surface area contributed by atoms with Gasteiger partial charge >= 0.3 is 0 Å². The lowest BCUT2D eigenvalue weighted by Crippen LogP contribution is -2.14. The van der Waals surface area contributed by atoms with E-state index in [-0.39, 0.29) is 5.75 Å². The third-order valence-corrected chi connectivity index (χ3v) is 5.16. The predicted molar refractivity (Wildman–Crippen MR) is 91.7 cm³/mol. The van der Waals surface area contributed by atoms with Gasteiger partial charge in [-0.1, -0.05) is 22.0 Å². The van der Waals surface area contributed by atoms with E-state index in [2.05, 4.69) is 26.0 Å². The minimum absolute atomic E-state index is 0.0599. The minimum atomic E-state index is -3.23. The average Bonchev–Trinajstić information content (AvgIpc) is 2.45. The fourth-order valence-corrected chi connectivity index (χ4v) is 2.73. The molecule has 2 aromatic carbocycles. The summed E-state index contributed by atoms with van der Waals surface area (Å²) in [5.74, 6) is 0.0599. The third-order valence-electron chi connectivity index (χ3n) is 3.00. The molecule has 0 spiro atoms. The predicted octanol–water partition coefficient (Wildman–Crippen LogP) is 4.26. The van der Waals surface area contributed by atoms with Gasteiger partial charge in [0.05, 0.1) is 5.75 Å². The molecule has 4 nitrogen and oxygen atoms in total. The van der Waals surface area contributed by atoms with Gasteiger partial charge in [0.2, 0.25) is 10.0 Å². The van der Waals surface area contributed by atoms with E-state index in [4.69, 9.17) is 0 Å². The third kappa shape index (κ3) is 4.47. The van der Waals surface area contributed by atoms with Gasteiger partial charge in [0.25, 0.3) is 0 Å². The summed E-state index contributed by atoms with van der Waals surface area (Å²) in [4.78, 5) is 0. The minimum Gasteiger partial charge on any atom is -0.355 e. The lowest BCUT2D eigenvalue weighted by molar-refractivity contribution is 0.602. The van der Waals surface area contributed by atoms with Gasteiger partial charge in [0.15, 0.2) is 0 Å². The molecule has 2 aromatic rings. The van der Waals surface area contributed by atoms with Crippen LogP contribution in [0.2, 0.25) is 0 Å². The summed E-state index contributed by atoms with van der Waals surface area (Å²) in [6.07, 6.45) is 0. The van der Waals surface area contributed by atoms with E-state index < -0.39 is 10.0 Å². The molecule has 0 saturated carbocycles. The van der Waals surface area contributed by atoms with Gasteiger partial charge in [-0.2, -0.15) is 0 Å². The fourth-order valence-electron chi connectivity index (χ4n) is 1.71. The number of benzene rings is 2.